The largest absolute Gasteiger partial charge is 0.465 e. The monoisotopic (exact) mass is 283 g/mol. The topological polar surface area (TPSA) is 43.0 Å². The Labute approximate surface area is 124 Å². The lowest BCUT2D eigenvalue weighted by Gasteiger charge is -2.18. The molecule has 0 saturated heterocycles. The van der Waals surface area contributed by atoms with Gasteiger partial charge in [0.1, 0.15) is 17.3 Å². The number of fused-ring (bicyclic) bond motifs is 1. The first-order chi connectivity index (χ1) is 10.1. The van der Waals surface area contributed by atoms with Crippen LogP contribution in [-0.2, 0) is 7.05 Å². The lowest BCUT2D eigenvalue weighted by molar-refractivity contribution is 0.384. The number of nitrogens with one attached hydrogen (secondary N) is 1. The van der Waals surface area contributed by atoms with Crippen molar-refractivity contribution >= 4 is 11.0 Å². The van der Waals surface area contributed by atoms with Gasteiger partial charge in [0.25, 0.3) is 0 Å². The van der Waals surface area contributed by atoms with Gasteiger partial charge in [-0.3, -0.25) is 5.32 Å². The Morgan fingerprint density at radius 2 is 1.86 bits per heavy atom. The fraction of sp³-hybridized carbons (Fsp3) is 0.353. The van der Waals surface area contributed by atoms with Crippen LogP contribution in [0.2, 0.25) is 0 Å². The van der Waals surface area contributed by atoms with Gasteiger partial charge < -0.3 is 8.98 Å². The molecule has 0 saturated carbocycles. The van der Waals surface area contributed by atoms with Crippen LogP contribution in [0.15, 0.2) is 40.8 Å². The summed E-state index contributed by atoms with van der Waals surface area (Å²) in [6, 6.07) is 12.5. The summed E-state index contributed by atoms with van der Waals surface area (Å²) in [5.74, 6) is 2.93. The number of hydrogen-bond acceptors (Lipinski definition) is 3. The number of furan rings is 1. The van der Waals surface area contributed by atoms with Crippen molar-refractivity contribution in [2.75, 3.05) is 0 Å². The Morgan fingerprint density at radius 1 is 1.10 bits per heavy atom. The van der Waals surface area contributed by atoms with E-state index in [1.807, 2.05) is 37.3 Å². The maximum absolute atomic E-state index is 5.68. The first-order valence-corrected chi connectivity index (χ1v) is 7.30. The molecular weight excluding hydrogens is 262 g/mol. The van der Waals surface area contributed by atoms with Crippen molar-refractivity contribution in [3.63, 3.8) is 0 Å². The number of rotatable bonds is 4. The van der Waals surface area contributed by atoms with Crippen molar-refractivity contribution < 1.29 is 4.42 Å². The molecule has 4 heteroatoms. The summed E-state index contributed by atoms with van der Waals surface area (Å²) in [6.07, 6.45) is 0. The predicted molar refractivity (Wildman–Crippen MR) is 84.1 cm³/mol. The summed E-state index contributed by atoms with van der Waals surface area (Å²) in [5.41, 5.74) is 2.19. The van der Waals surface area contributed by atoms with Gasteiger partial charge in [0.05, 0.1) is 23.1 Å². The molecule has 110 valence electrons. The SMILES string of the molecule is Cc1ccc(C(C)NC(C)c2nc3ccccc3n2C)o1. The Balaban J connectivity index is 1.83. The van der Waals surface area contributed by atoms with Crippen molar-refractivity contribution in [2.24, 2.45) is 7.05 Å². The number of aromatic nitrogens is 2. The van der Waals surface area contributed by atoms with Crippen molar-refractivity contribution in [2.45, 2.75) is 32.9 Å². The van der Waals surface area contributed by atoms with Crippen molar-refractivity contribution in [1.29, 1.82) is 0 Å². The number of para-hydroxylation sites is 2. The maximum Gasteiger partial charge on any atom is 0.126 e. The highest BCUT2D eigenvalue weighted by Gasteiger charge is 2.18. The number of nitrogens with zero attached hydrogens (tertiary/aromatic N) is 2. The smallest absolute Gasteiger partial charge is 0.126 e. The summed E-state index contributed by atoms with van der Waals surface area (Å²) >= 11 is 0. The van der Waals surface area contributed by atoms with Gasteiger partial charge in [-0.1, -0.05) is 12.1 Å². The first kappa shape index (κ1) is 13.9. The highest BCUT2D eigenvalue weighted by molar-refractivity contribution is 5.75. The van der Waals surface area contributed by atoms with E-state index >= 15 is 0 Å². The minimum atomic E-state index is 0.141. The molecule has 3 aromatic rings. The van der Waals surface area contributed by atoms with Crippen LogP contribution < -0.4 is 5.32 Å². The fourth-order valence-electron chi connectivity index (χ4n) is 2.77. The minimum Gasteiger partial charge on any atom is -0.465 e. The molecule has 0 spiro atoms. The molecule has 21 heavy (non-hydrogen) atoms. The molecule has 0 amide bonds. The highest BCUT2D eigenvalue weighted by atomic mass is 16.3. The third kappa shape index (κ3) is 2.59. The predicted octanol–water partition coefficient (Wildman–Crippen LogP) is 3.89. The lowest BCUT2D eigenvalue weighted by Crippen LogP contribution is -2.24. The van der Waals surface area contributed by atoms with Gasteiger partial charge in [-0.15, -0.1) is 0 Å². The van der Waals surface area contributed by atoms with Gasteiger partial charge in [-0.2, -0.15) is 0 Å². The van der Waals surface area contributed by atoms with E-state index in [-0.39, 0.29) is 12.1 Å². The van der Waals surface area contributed by atoms with Crippen LogP contribution in [0.5, 0.6) is 0 Å². The number of imidazole rings is 1. The molecular formula is C17H21N3O. The van der Waals surface area contributed by atoms with E-state index in [4.69, 9.17) is 9.40 Å². The van der Waals surface area contributed by atoms with Crippen LogP contribution >= 0.6 is 0 Å². The molecule has 2 heterocycles. The van der Waals surface area contributed by atoms with E-state index in [0.29, 0.717) is 0 Å². The van der Waals surface area contributed by atoms with E-state index in [1.165, 1.54) is 0 Å². The number of benzene rings is 1. The average molecular weight is 283 g/mol. The molecule has 2 unspecified atom stereocenters. The quantitative estimate of drug-likeness (QED) is 0.790. The zero-order valence-electron chi connectivity index (χ0n) is 12.9. The minimum absolute atomic E-state index is 0.141. The molecule has 0 aliphatic rings. The Hall–Kier alpha value is -2.07. The van der Waals surface area contributed by atoms with Crippen molar-refractivity contribution in [3.05, 3.63) is 53.7 Å². The molecule has 4 nitrogen and oxygen atoms in total. The number of hydrogen-bond donors (Lipinski definition) is 1. The van der Waals surface area contributed by atoms with Crippen molar-refractivity contribution in [1.82, 2.24) is 14.9 Å². The Kier molecular flexibility index (Phi) is 3.55. The summed E-state index contributed by atoms with van der Waals surface area (Å²) in [5, 5.41) is 3.55. The molecule has 2 aromatic heterocycles. The first-order valence-electron chi connectivity index (χ1n) is 7.30. The van der Waals surface area contributed by atoms with Crippen LogP contribution in [-0.4, -0.2) is 9.55 Å². The van der Waals surface area contributed by atoms with E-state index in [0.717, 1.165) is 28.4 Å². The number of aryl methyl sites for hydroxylation is 2. The fourth-order valence-corrected chi connectivity index (χ4v) is 2.77. The second-order valence-electron chi connectivity index (χ2n) is 5.58. The summed E-state index contributed by atoms with van der Waals surface area (Å²) in [4.78, 5) is 4.73. The molecule has 0 radical (unpaired) electrons. The van der Waals surface area contributed by atoms with Gasteiger partial charge in [0.2, 0.25) is 0 Å². The zero-order valence-corrected chi connectivity index (χ0v) is 12.9. The molecule has 0 bridgehead atoms. The molecule has 1 aromatic carbocycles. The van der Waals surface area contributed by atoms with E-state index in [1.54, 1.807) is 0 Å². The second-order valence-corrected chi connectivity index (χ2v) is 5.58. The van der Waals surface area contributed by atoms with Gasteiger partial charge >= 0.3 is 0 Å². The Morgan fingerprint density at radius 3 is 2.52 bits per heavy atom. The van der Waals surface area contributed by atoms with Crippen LogP contribution in [0.3, 0.4) is 0 Å². The van der Waals surface area contributed by atoms with Crippen molar-refractivity contribution in [3.8, 4) is 0 Å². The molecule has 0 fully saturated rings. The van der Waals surface area contributed by atoms with Crippen LogP contribution in [0.1, 0.15) is 43.3 Å². The Bertz CT molecular complexity index is 756. The normalized spacial score (nSPS) is 14.5. The molecule has 0 aliphatic carbocycles. The molecule has 1 N–H and O–H groups in total. The molecule has 3 rings (SSSR count). The molecule has 2 atom stereocenters. The highest BCUT2D eigenvalue weighted by Crippen LogP contribution is 2.23. The van der Waals surface area contributed by atoms with Crippen LogP contribution in [0, 0.1) is 6.92 Å². The summed E-state index contributed by atoms with van der Waals surface area (Å²) < 4.78 is 7.83. The van der Waals surface area contributed by atoms with E-state index in [9.17, 15) is 0 Å². The maximum atomic E-state index is 5.68. The third-order valence-electron chi connectivity index (χ3n) is 3.90. The van der Waals surface area contributed by atoms with Crippen LogP contribution in [0.25, 0.3) is 11.0 Å². The standard InChI is InChI=1S/C17H21N3O/c1-11-9-10-16(21-11)12(2)18-13(3)17-19-14-7-5-6-8-15(14)20(17)4/h5-10,12-13,18H,1-4H3. The van der Waals surface area contributed by atoms with Gasteiger partial charge in [-0.25, -0.2) is 4.98 Å². The summed E-state index contributed by atoms with van der Waals surface area (Å²) in [7, 11) is 2.06. The van der Waals surface area contributed by atoms with Gasteiger partial charge in [0, 0.05) is 7.05 Å². The average Bonchev–Trinajstić information content (AvgIpc) is 3.04. The van der Waals surface area contributed by atoms with E-state index in [2.05, 4.69) is 36.8 Å². The van der Waals surface area contributed by atoms with Gasteiger partial charge in [-0.05, 0) is 45.0 Å². The third-order valence-corrected chi connectivity index (χ3v) is 3.90. The zero-order chi connectivity index (χ0) is 15.0. The van der Waals surface area contributed by atoms with Crippen LogP contribution in [0.4, 0.5) is 0 Å². The second kappa shape index (κ2) is 5.37. The van der Waals surface area contributed by atoms with E-state index < -0.39 is 0 Å². The molecule has 0 aliphatic heterocycles. The lowest BCUT2D eigenvalue weighted by atomic mass is 10.2. The summed E-state index contributed by atoms with van der Waals surface area (Å²) in [6.45, 7) is 6.20. The van der Waals surface area contributed by atoms with Gasteiger partial charge in [0.15, 0.2) is 0 Å².